The normalized spacial score (nSPS) is 12.7. The molecule has 0 fully saturated rings. The highest BCUT2D eigenvalue weighted by Gasteiger charge is 2.42. The average molecular weight is 923 g/mol. The fourth-order valence-electron chi connectivity index (χ4n) is 11.7. The summed E-state index contributed by atoms with van der Waals surface area (Å²) in [6.07, 6.45) is 53.8. The lowest BCUT2D eigenvalue weighted by Gasteiger charge is -2.34. The third kappa shape index (κ3) is 19.5. The van der Waals surface area contributed by atoms with Gasteiger partial charge in [0, 0.05) is 22.5 Å². The molecule has 0 amide bonds. The lowest BCUT2D eigenvalue weighted by molar-refractivity contribution is 0.397. The summed E-state index contributed by atoms with van der Waals surface area (Å²) < 4.78 is 0. The Morgan fingerprint density at radius 1 is 0.294 bits per heavy atom. The Balaban J connectivity index is 1.15. The monoisotopic (exact) mass is 922 g/mol. The molecule has 1 aliphatic rings. The van der Waals surface area contributed by atoms with Gasteiger partial charge in [0.05, 0.1) is 0 Å². The Bertz CT molecular complexity index is 1760. The zero-order chi connectivity index (χ0) is 47.8. The number of rotatable bonds is 41. The first-order chi connectivity index (χ1) is 33.6. The number of anilines is 3. The number of hydrogen-bond donors (Lipinski definition) is 0. The van der Waals surface area contributed by atoms with Crippen molar-refractivity contribution in [1.82, 2.24) is 0 Å². The van der Waals surface area contributed by atoms with E-state index in [9.17, 15) is 0 Å². The number of benzene rings is 4. The molecule has 0 radical (unpaired) electrons. The summed E-state index contributed by atoms with van der Waals surface area (Å²) in [6, 6.07) is 35.3. The molecule has 1 aliphatic carbocycles. The topological polar surface area (TPSA) is 3.24 Å². The van der Waals surface area contributed by atoms with E-state index >= 15 is 0 Å². The third-order valence-electron chi connectivity index (χ3n) is 16.0. The molecule has 0 unspecified atom stereocenters. The van der Waals surface area contributed by atoms with Crippen LogP contribution < -0.4 is 4.90 Å². The van der Waals surface area contributed by atoms with E-state index in [0.29, 0.717) is 0 Å². The standard InChI is InChI=1S/C67H103N/c1-5-7-9-11-13-15-17-19-21-23-25-27-29-31-33-35-37-41-55-67(56-42-38-36-34-32-30-28-26-24-22-20-18-16-14-12-10-8-6-2)65-44-40-39-43-63(65)64-54-53-62(57-66(64)67)68(60-49-45-58(3)46-50-60)61-51-47-59(4)48-52-61/h39-40,43-54,57H,5-38,41-42,55-56H2,1-4H3. The number of fused-ring (bicyclic) bond motifs is 3. The molecule has 1 nitrogen and oxygen atoms in total. The van der Waals surface area contributed by atoms with Gasteiger partial charge in [-0.1, -0.05) is 311 Å². The Kier molecular flexibility index (Phi) is 27.9. The van der Waals surface area contributed by atoms with Crippen molar-refractivity contribution >= 4 is 17.1 Å². The van der Waals surface area contributed by atoms with E-state index in [1.807, 2.05) is 0 Å². The molecule has 0 aliphatic heterocycles. The summed E-state index contributed by atoms with van der Waals surface area (Å²) in [6.45, 7) is 9.02. The van der Waals surface area contributed by atoms with Gasteiger partial charge in [-0.15, -0.1) is 0 Å². The van der Waals surface area contributed by atoms with Crippen molar-refractivity contribution in [2.75, 3.05) is 4.90 Å². The highest BCUT2D eigenvalue weighted by molar-refractivity contribution is 5.85. The van der Waals surface area contributed by atoms with Gasteiger partial charge < -0.3 is 4.90 Å². The maximum atomic E-state index is 2.62. The fraction of sp³-hybridized carbons (Fsp3) is 0.642. The SMILES string of the molecule is CCCCCCCCCCCCCCCCCCCCC1(CCCCCCCCCCCCCCCCCCCC)c2ccccc2-c2ccc(N(c3ccc(C)cc3)c3ccc(C)cc3)cc21. The maximum Gasteiger partial charge on any atom is 0.0465 e. The minimum atomic E-state index is 0.0677. The second-order valence-corrected chi connectivity index (χ2v) is 21.9. The van der Waals surface area contributed by atoms with E-state index in [4.69, 9.17) is 0 Å². The Morgan fingerprint density at radius 3 is 0.941 bits per heavy atom. The van der Waals surface area contributed by atoms with E-state index in [1.54, 1.807) is 11.1 Å². The molecular formula is C67H103N. The molecule has 0 atom stereocenters. The van der Waals surface area contributed by atoms with Crippen molar-refractivity contribution < 1.29 is 0 Å². The molecule has 376 valence electrons. The fourth-order valence-corrected chi connectivity index (χ4v) is 11.7. The van der Waals surface area contributed by atoms with Crippen LogP contribution in [0.3, 0.4) is 0 Å². The summed E-state index contributed by atoms with van der Waals surface area (Å²) in [4.78, 5) is 2.50. The third-order valence-corrected chi connectivity index (χ3v) is 16.0. The van der Waals surface area contributed by atoms with Gasteiger partial charge in [-0.25, -0.2) is 0 Å². The van der Waals surface area contributed by atoms with Gasteiger partial charge in [-0.3, -0.25) is 0 Å². The number of unbranched alkanes of at least 4 members (excludes halogenated alkanes) is 34. The molecule has 0 heterocycles. The zero-order valence-electron chi connectivity index (χ0n) is 45.0. The maximum absolute atomic E-state index is 2.62. The molecular weight excluding hydrogens is 819 g/mol. The van der Waals surface area contributed by atoms with E-state index in [0.717, 1.165) is 0 Å². The summed E-state index contributed by atoms with van der Waals surface area (Å²) in [7, 11) is 0. The minimum Gasteiger partial charge on any atom is -0.310 e. The first kappa shape index (κ1) is 55.6. The van der Waals surface area contributed by atoms with Gasteiger partial charge in [-0.2, -0.15) is 0 Å². The van der Waals surface area contributed by atoms with E-state index in [-0.39, 0.29) is 5.41 Å². The van der Waals surface area contributed by atoms with Gasteiger partial charge in [-0.05, 0) is 85.3 Å². The molecule has 1 heteroatoms. The first-order valence-electron chi connectivity index (χ1n) is 29.8. The molecule has 0 N–H and O–H groups in total. The highest BCUT2D eigenvalue weighted by Crippen LogP contribution is 2.55. The van der Waals surface area contributed by atoms with E-state index in [2.05, 4.69) is 124 Å². The van der Waals surface area contributed by atoms with Gasteiger partial charge in [0.2, 0.25) is 0 Å². The van der Waals surface area contributed by atoms with Crippen LogP contribution in [0, 0.1) is 13.8 Å². The largest absolute Gasteiger partial charge is 0.310 e. The van der Waals surface area contributed by atoms with Gasteiger partial charge in [0.1, 0.15) is 0 Å². The molecule has 0 bridgehead atoms. The van der Waals surface area contributed by atoms with Crippen molar-refractivity contribution in [2.45, 2.75) is 277 Å². The summed E-state index contributed by atoms with van der Waals surface area (Å²) in [5, 5.41) is 0. The highest BCUT2D eigenvalue weighted by atomic mass is 15.1. The summed E-state index contributed by atoms with van der Waals surface area (Å²) in [5.74, 6) is 0. The summed E-state index contributed by atoms with van der Waals surface area (Å²) >= 11 is 0. The van der Waals surface area contributed by atoms with E-state index in [1.165, 1.54) is 283 Å². The van der Waals surface area contributed by atoms with Crippen LogP contribution in [0.25, 0.3) is 11.1 Å². The van der Waals surface area contributed by atoms with Crippen molar-refractivity contribution in [2.24, 2.45) is 0 Å². The molecule has 0 aromatic heterocycles. The zero-order valence-corrected chi connectivity index (χ0v) is 45.0. The lowest BCUT2D eigenvalue weighted by Crippen LogP contribution is -2.26. The van der Waals surface area contributed by atoms with Crippen LogP contribution in [0.1, 0.15) is 280 Å². The molecule has 0 saturated carbocycles. The second kappa shape index (κ2) is 34.1. The lowest BCUT2D eigenvalue weighted by atomic mass is 9.70. The molecule has 0 saturated heterocycles. The van der Waals surface area contributed by atoms with Crippen molar-refractivity contribution in [3.8, 4) is 11.1 Å². The van der Waals surface area contributed by atoms with Gasteiger partial charge >= 0.3 is 0 Å². The molecule has 0 spiro atoms. The average Bonchev–Trinajstić information content (AvgIpc) is 3.63. The van der Waals surface area contributed by atoms with Crippen LogP contribution in [0.5, 0.6) is 0 Å². The van der Waals surface area contributed by atoms with Crippen molar-refractivity contribution in [3.05, 3.63) is 113 Å². The smallest absolute Gasteiger partial charge is 0.0465 e. The molecule has 4 aromatic carbocycles. The number of nitrogens with zero attached hydrogens (tertiary/aromatic N) is 1. The molecule has 68 heavy (non-hydrogen) atoms. The van der Waals surface area contributed by atoms with Crippen molar-refractivity contribution in [1.29, 1.82) is 0 Å². The predicted octanol–water partition coefficient (Wildman–Crippen LogP) is 22.9. The first-order valence-corrected chi connectivity index (χ1v) is 29.8. The second-order valence-electron chi connectivity index (χ2n) is 21.9. The van der Waals surface area contributed by atoms with Crippen LogP contribution in [0.4, 0.5) is 17.1 Å². The Morgan fingerprint density at radius 2 is 0.588 bits per heavy atom. The Hall–Kier alpha value is -3.32. The number of aryl methyl sites for hydroxylation is 2. The van der Waals surface area contributed by atoms with Crippen LogP contribution in [0.15, 0.2) is 91.0 Å². The Labute approximate surface area is 421 Å². The predicted molar refractivity (Wildman–Crippen MR) is 304 cm³/mol. The van der Waals surface area contributed by atoms with Crippen LogP contribution in [-0.2, 0) is 5.41 Å². The number of hydrogen-bond acceptors (Lipinski definition) is 1. The van der Waals surface area contributed by atoms with Gasteiger partial charge in [0.25, 0.3) is 0 Å². The molecule has 5 rings (SSSR count). The minimum absolute atomic E-state index is 0.0677. The van der Waals surface area contributed by atoms with Crippen molar-refractivity contribution in [3.63, 3.8) is 0 Å². The van der Waals surface area contributed by atoms with E-state index < -0.39 is 0 Å². The quantitative estimate of drug-likeness (QED) is 0.0401. The van der Waals surface area contributed by atoms with Crippen LogP contribution in [-0.4, -0.2) is 0 Å². The van der Waals surface area contributed by atoms with Crippen LogP contribution in [0.2, 0.25) is 0 Å². The van der Waals surface area contributed by atoms with Gasteiger partial charge in [0.15, 0.2) is 0 Å². The summed E-state index contributed by atoms with van der Waals surface area (Å²) in [5.41, 5.74) is 12.5. The van der Waals surface area contributed by atoms with Crippen LogP contribution >= 0.6 is 0 Å². The molecule has 4 aromatic rings.